The third-order valence-corrected chi connectivity index (χ3v) is 12.4. The fourth-order valence-corrected chi connectivity index (χ4v) is 10.6. The monoisotopic (exact) mass is 500 g/mol. The van der Waals surface area contributed by atoms with Crippen molar-refractivity contribution in [2.75, 3.05) is 0 Å². The Balaban J connectivity index is 1.61. The third-order valence-electron chi connectivity index (χ3n) is 12.4. The zero-order valence-electron chi connectivity index (χ0n) is 23.6. The Morgan fingerprint density at radius 2 is 1.78 bits per heavy atom. The van der Waals surface area contributed by atoms with Gasteiger partial charge in [-0.05, 0) is 98.4 Å². The van der Waals surface area contributed by atoms with Gasteiger partial charge in [0, 0.05) is 11.0 Å². The van der Waals surface area contributed by atoms with Crippen LogP contribution < -0.4 is 0 Å². The molecule has 5 nitrogen and oxygen atoms in total. The predicted molar refractivity (Wildman–Crippen MR) is 139 cm³/mol. The molecule has 5 aliphatic rings. The normalized spacial score (nSPS) is 48.8. The first kappa shape index (κ1) is 26.3. The number of hydrogen-bond acceptors (Lipinski definition) is 5. The Morgan fingerprint density at radius 1 is 1.08 bits per heavy atom. The molecule has 0 spiro atoms. The summed E-state index contributed by atoms with van der Waals surface area (Å²) in [7, 11) is 0. The minimum absolute atomic E-state index is 0.0142. The second-order valence-corrected chi connectivity index (χ2v) is 14.1. The Hall–Kier alpha value is -1.36. The van der Waals surface area contributed by atoms with Crippen molar-refractivity contribution in [1.82, 2.24) is 0 Å². The SMILES string of the molecule is CC[C@@]1(C)CCC[C@@]2(C)C1CC[C@]1(C)C2C[C@H](OC(=O)CC(C)O)[C@]2(C)C3=C(CC[C@H]21)[C@@H](C)OC3=O. The van der Waals surface area contributed by atoms with Gasteiger partial charge < -0.3 is 14.6 Å². The molecule has 1 aliphatic heterocycles. The minimum Gasteiger partial charge on any atom is -0.461 e. The van der Waals surface area contributed by atoms with Crippen molar-refractivity contribution in [3.8, 4) is 0 Å². The predicted octanol–water partition coefficient (Wildman–Crippen LogP) is 6.37. The maximum absolute atomic E-state index is 13.3. The second kappa shape index (κ2) is 8.58. The summed E-state index contributed by atoms with van der Waals surface area (Å²) in [6, 6.07) is 0. The molecule has 0 radical (unpaired) electrons. The van der Waals surface area contributed by atoms with Crippen LogP contribution in [-0.4, -0.2) is 35.4 Å². The van der Waals surface area contributed by atoms with Crippen LogP contribution in [0.5, 0.6) is 0 Å². The molecule has 0 aromatic heterocycles. The summed E-state index contributed by atoms with van der Waals surface area (Å²) in [5.41, 5.74) is 2.01. The summed E-state index contributed by atoms with van der Waals surface area (Å²) in [6.07, 6.45) is 8.82. The Morgan fingerprint density at radius 3 is 2.44 bits per heavy atom. The zero-order chi connectivity index (χ0) is 26.3. The van der Waals surface area contributed by atoms with E-state index in [2.05, 4.69) is 34.6 Å². The van der Waals surface area contributed by atoms with E-state index in [0.717, 1.165) is 30.4 Å². The molecule has 0 aromatic rings. The van der Waals surface area contributed by atoms with Gasteiger partial charge in [0.2, 0.25) is 0 Å². The molecule has 3 unspecified atom stereocenters. The molecule has 0 aromatic carbocycles. The van der Waals surface area contributed by atoms with Crippen LogP contribution in [-0.2, 0) is 19.1 Å². The van der Waals surface area contributed by atoms with Crippen molar-refractivity contribution in [2.45, 2.75) is 131 Å². The smallest absolute Gasteiger partial charge is 0.335 e. The number of rotatable bonds is 4. The molecule has 1 N–H and O–H groups in total. The number of aliphatic hydroxyl groups is 1. The van der Waals surface area contributed by atoms with Crippen molar-refractivity contribution in [2.24, 2.45) is 39.4 Å². The van der Waals surface area contributed by atoms with Gasteiger partial charge in [-0.15, -0.1) is 0 Å². The molecule has 36 heavy (non-hydrogen) atoms. The summed E-state index contributed by atoms with van der Waals surface area (Å²) in [5.74, 6) is 0.811. The molecule has 3 saturated carbocycles. The Bertz CT molecular complexity index is 968. The van der Waals surface area contributed by atoms with E-state index in [0.29, 0.717) is 17.3 Å². The van der Waals surface area contributed by atoms with Crippen LogP contribution >= 0.6 is 0 Å². The first-order valence-electron chi connectivity index (χ1n) is 14.6. The van der Waals surface area contributed by atoms with Gasteiger partial charge in [-0.3, -0.25) is 4.79 Å². The molecule has 4 aliphatic carbocycles. The maximum Gasteiger partial charge on any atom is 0.335 e. The van der Waals surface area contributed by atoms with Crippen LogP contribution in [0.1, 0.15) is 113 Å². The van der Waals surface area contributed by atoms with Crippen molar-refractivity contribution in [3.63, 3.8) is 0 Å². The summed E-state index contributed by atoms with van der Waals surface area (Å²) in [4.78, 5) is 26.3. The van der Waals surface area contributed by atoms with E-state index >= 15 is 0 Å². The van der Waals surface area contributed by atoms with Crippen molar-refractivity contribution >= 4 is 11.9 Å². The van der Waals surface area contributed by atoms with E-state index in [-0.39, 0.29) is 47.3 Å². The van der Waals surface area contributed by atoms with E-state index < -0.39 is 11.5 Å². The van der Waals surface area contributed by atoms with Gasteiger partial charge in [0.25, 0.3) is 0 Å². The van der Waals surface area contributed by atoms with Crippen LogP contribution in [0, 0.1) is 39.4 Å². The quantitative estimate of drug-likeness (QED) is 0.454. The van der Waals surface area contributed by atoms with Crippen LogP contribution in [0.2, 0.25) is 0 Å². The number of hydrogen-bond donors (Lipinski definition) is 1. The van der Waals surface area contributed by atoms with Crippen LogP contribution in [0.25, 0.3) is 0 Å². The molecule has 202 valence electrons. The maximum atomic E-state index is 13.3. The van der Waals surface area contributed by atoms with Crippen molar-refractivity contribution < 1.29 is 24.2 Å². The van der Waals surface area contributed by atoms with Crippen LogP contribution in [0.15, 0.2) is 11.1 Å². The molecule has 5 heteroatoms. The molecule has 1 heterocycles. The number of cyclic esters (lactones) is 1. The van der Waals surface area contributed by atoms with Gasteiger partial charge in [-0.25, -0.2) is 4.79 Å². The zero-order valence-corrected chi connectivity index (χ0v) is 23.6. The third kappa shape index (κ3) is 3.50. The van der Waals surface area contributed by atoms with Gasteiger partial charge in [0.15, 0.2) is 0 Å². The lowest BCUT2D eigenvalue weighted by Gasteiger charge is -2.70. The number of aliphatic hydroxyl groups excluding tert-OH is 1. The standard InChI is InChI=1S/C31H48O5/c1-8-28(4)13-9-14-29(5)21(28)12-15-30(6)22-11-10-20-19(3)35-27(34)26(20)31(22,7)24(17-23(29)30)36-25(33)16-18(2)32/h18-19,21-24,32H,8-17H2,1-7H3/t18?,19-,21?,22+,23?,24+,28+,29+,30+,31-/m1/s1. The number of carbonyl (C=O) groups excluding carboxylic acids is 2. The summed E-state index contributed by atoms with van der Waals surface area (Å²) >= 11 is 0. The van der Waals surface area contributed by atoms with E-state index in [1.807, 2.05) is 6.92 Å². The first-order valence-corrected chi connectivity index (χ1v) is 14.6. The average Bonchev–Trinajstić information content (AvgIpc) is 3.08. The average molecular weight is 501 g/mol. The highest BCUT2D eigenvalue weighted by Gasteiger charge is 2.70. The highest BCUT2D eigenvalue weighted by Crippen LogP contribution is 2.74. The van der Waals surface area contributed by atoms with E-state index in [1.165, 1.54) is 38.5 Å². The van der Waals surface area contributed by atoms with Crippen molar-refractivity contribution in [1.29, 1.82) is 0 Å². The van der Waals surface area contributed by atoms with E-state index in [4.69, 9.17) is 9.47 Å². The van der Waals surface area contributed by atoms with E-state index in [9.17, 15) is 14.7 Å². The molecule has 0 bridgehead atoms. The van der Waals surface area contributed by atoms with Gasteiger partial charge >= 0.3 is 11.9 Å². The van der Waals surface area contributed by atoms with Gasteiger partial charge in [0.05, 0.1) is 12.5 Å². The fourth-order valence-electron chi connectivity index (χ4n) is 10.6. The largest absolute Gasteiger partial charge is 0.461 e. The first-order chi connectivity index (χ1) is 16.8. The van der Waals surface area contributed by atoms with Crippen LogP contribution in [0.4, 0.5) is 0 Å². The second-order valence-electron chi connectivity index (χ2n) is 14.1. The Labute approximate surface area is 217 Å². The Kier molecular flexibility index (Phi) is 6.26. The van der Waals surface area contributed by atoms with E-state index in [1.54, 1.807) is 6.92 Å². The molecular weight excluding hydrogens is 452 g/mol. The molecular formula is C31H48O5. The number of fused-ring (bicyclic) bond motifs is 6. The van der Waals surface area contributed by atoms with Gasteiger partial charge in [-0.2, -0.15) is 0 Å². The fraction of sp³-hybridized carbons (Fsp3) is 0.871. The summed E-state index contributed by atoms with van der Waals surface area (Å²) < 4.78 is 12.1. The molecule has 10 atom stereocenters. The highest BCUT2D eigenvalue weighted by molar-refractivity contribution is 5.94. The lowest BCUT2D eigenvalue weighted by Crippen LogP contribution is -2.66. The number of ether oxygens (including phenoxy) is 2. The molecule has 0 amide bonds. The van der Waals surface area contributed by atoms with Crippen molar-refractivity contribution in [3.05, 3.63) is 11.1 Å². The number of esters is 2. The van der Waals surface area contributed by atoms with Gasteiger partial charge in [0.1, 0.15) is 12.2 Å². The lowest BCUT2D eigenvalue weighted by molar-refractivity contribution is -0.228. The minimum atomic E-state index is -0.743. The summed E-state index contributed by atoms with van der Waals surface area (Å²) in [5, 5.41) is 9.90. The number of carbonyl (C=O) groups is 2. The molecule has 3 fully saturated rings. The van der Waals surface area contributed by atoms with Gasteiger partial charge in [-0.1, -0.05) is 47.5 Å². The highest BCUT2D eigenvalue weighted by atomic mass is 16.6. The topological polar surface area (TPSA) is 72.8 Å². The van der Waals surface area contributed by atoms with Crippen LogP contribution in [0.3, 0.4) is 0 Å². The molecule has 5 rings (SSSR count). The lowest BCUT2D eigenvalue weighted by atomic mass is 9.35. The summed E-state index contributed by atoms with van der Waals surface area (Å²) in [6.45, 7) is 15.7. The molecule has 0 saturated heterocycles.